The van der Waals surface area contributed by atoms with Gasteiger partial charge in [-0.3, -0.25) is 19.0 Å². The molecule has 1 atom stereocenters. The Labute approximate surface area is 203 Å². The summed E-state index contributed by atoms with van der Waals surface area (Å²) in [6.45, 7) is 2.48. The average molecular weight is 480 g/mol. The van der Waals surface area contributed by atoms with Crippen LogP contribution >= 0.6 is 0 Å². The van der Waals surface area contributed by atoms with Crippen LogP contribution in [0.3, 0.4) is 0 Å². The lowest BCUT2D eigenvalue weighted by atomic mass is 10.0. The van der Waals surface area contributed by atoms with Gasteiger partial charge in [-0.05, 0) is 43.9 Å². The summed E-state index contributed by atoms with van der Waals surface area (Å²) in [6, 6.07) is 11.0. The van der Waals surface area contributed by atoms with Crippen LogP contribution in [-0.2, 0) is 27.3 Å². The van der Waals surface area contributed by atoms with Crippen molar-refractivity contribution >= 4 is 28.5 Å². The first-order chi connectivity index (χ1) is 16.9. The maximum absolute atomic E-state index is 12.9. The fraction of sp³-hybridized carbons (Fsp3) is 0.385. The number of esters is 1. The van der Waals surface area contributed by atoms with Crippen LogP contribution in [0.2, 0.25) is 0 Å². The Morgan fingerprint density at radius 2 is 1.86 bits per heavy atom. The highest BCUT2D eigenvalue weighted by atomic mass is 16.5. The minimum absolute atomic E-state index is 0.0740. The number of anilines is 1. The second-order valence-electron chi connectivity index (χ2n) is 8.43. The Balaban J connectivity index is 1.35. The number of rotatable bonds is 8. The number of carbonyl (C=O) groups excluding carboxylic acids is 2. The predicted molar refractivity (Wildman–Crippen MR) is 131 cm³/mol. The van der Waals surface area contributed by atoms with E-state index >= 15 is 0 Å². The maximum atomic E-state index is 12.9. The lowest BCUT2D eigenvalue weighted by Gasteiger charge is -2.31. The number of amides is 1. The Morgan fingerprint density at radius 1 is 1.11 bits per heavy atom. The Morgan fingerprint density at radius 3 is 2.63 bits per heavy atom. The lowest BCUT2D eigenvalue weighted by molar-refractivity contribution is -0.154. The third-order valence-corrected chi connectivity index (χ3v) is 6.14. The number of nitrogens with zero attached hydrogens (tertiary/aromatic N) is 3. The van der Waals surface area contributed by atoms with Gasteiger partial charge in [-0.25, -0.2) is 4.98 Å². The zero-order valence-corrected chi connectivity index (χ0v) is 20.2. The molecule has 0 unspecified atom stereocenters. The van der Waals surface area contributed by atoms with E-state index in [0.29, 0.717) is 35.4 Å². The van der Waals surface area contributed by atoms with E-state index in [2.05, 4.69) is 4.98 Å². The smallest absolute Gasteiger partial charge is 0.306 e. The van der Waals surface area contributed by atoms with Gasteiger partial charge in [0, 0.05) is 31.3 Å². The lowest BCUT2D eigenvalue weighted by Crippen LogP contribution is -2.42. The molecule has 0 spiro atoms. The largest absolute Gasteiger partial charge is 0.493 e. The summed E-state index contributed by atoms with van der Waals surface area (Å²) in [5.74, 6) is 0.216. The Kier molecular flexibility index (Phi) is 7.33. The Hall–Kier alpha value is -3.88. The fourth-order valence-corrected chi connectivity index (χ4v) is 4.33. The quantitative estimate of drug-likeness (QED) is 0.458. The van der Waals surface area contributed by atoms with Crippen molar-refractivity contribution in [2.24, 2.45) is 0 Å². The summed E-state index contributed by atoms with van der Waals surface area (Å²) in [6.07, 6.45) is 2.80. The van der Waals surface area contributed by atoms with E-state index in [4.69, 9.17) is 14.2 Å². The maximum Gasteiger partial charge on any atom is 0.306 e. The molecule has 0 bridgehead atoms. The highest BCUT2D eigenvalue weighted by Crippen LogP contribution is 2.30. The van der Waals surface area contributed by atoms with Gasteiger partial charge in [0.25, 0.3) is 11.5 Å². The van der Waals surface area contributed by atoms with Crippen molar-refractivity contribution in [2.45, 2.75) is 45.3 Å². The molecule has 9 nitrogen and oxygen atoms in total. The van der Waals surface area contributed by atoms with Crippen LogP contribution in [0, 0.1) is 0 Å². The number of fused-ring (bicyclic) bond motifs is 2. The average Bonchev–Trinajstić information content (AvgIpc) is 2.88. The molecule has 35 heavy (non-hydrogen) atoms. The number of para-hydroxylation sites is 1. The second kappa shape index (κ2) is 10.6. The molecule has 1 aliphatic rings. The van der Waals surface area contributed by atoms with Gasteiger partial charge < -0.3 is 19.1 Å². The van der Waals surface area contributed by atoms with Crippen LogP contribution in [0.15, 0.2) is 47.5 Å². The monoisotopic (exact) mass is 479 g/mol. The van der Waals surface area contributed by atoms with Crippen molar-refractivity contribution in [3.8, 4) is 11.5 Å². The van der Waals surface area contributed by atoms with Crippen LogP contribution in [0.4, 0.5) is 5.69 Å². The van der Waals surface area contributed by atoms with Crippen molar-refractivity contribution in [1.29, 1.82) is 0 Å². The second-order valence-corrected chi connectivity index (χ2v) is 8.43. The minimum atomic E-state index is -0.888. The highest BCUT2D eigenvalue weighted by molar-refractivity contribution is 5.98. The molecule has 0 radical (unpaired) electrons. The highest BCUT2D eigenvalue weighted by Gasteiger charge is 2.28. The van der Waals surface area contributed by atoms with E-state index in [1.165, 1.54) is 25.1 Å². The van der Waals surface area contributed by atoms with Gasteiger partial charge >= 0.3 is 5.97 Å². The molecular weight excluding hydrogens is 450 g/mol. The summed E-state index contributed by atoms with van der Waals surface area (Å²) in [5.41, 5.74) is 2.26. The van der Waals surface area contributed by atoms with Gasteiger partial charge in [-0.15, -0.1) is 0 Å². The molecule has 3 aromatic rings. The molecule has 0 saturated heterocycles. The molecule has 0 saturated carbocycles. The van der Waals surface area contributed by atoms with E-state index in [0.717, 1.165) is 24.1 Å². The molecule has 1 aliphatic heterocycles. The molecular formula is C26H29N3O6. The van der Waals surface area contributed by atoms with Crippen LogP contribution in [0.25, 0.3) is 10.9 Å². The van der Waals surface area contributed by atoms with E-state index in [-0.39, 0.29) is 24.4 Å². The third-order valence-electron chi connectivity index (χ3n) is 6.14. The van der Waals surface area contributed by atoms with Crippen LogP contribution in [0.1, 0.15) is 31.7 Å². The van der Waals surface area contributed by atoms with E-state index in [9.17, 15) is 14.4 Å². The summed E-state index contributed by atoms with van der Waals surface area (Å²) in [5, 5.41) is 0.397. The minimum Gasteiger partial charge on any atom is -0.493 e. The molecule has 1 aromatic heterocycles. The third kappa shape index (κ3) is 5.13. The number of ether oxygens (including phenoxy) is 3. The fourth-order valence-electron chi connectivity index (χ4n) is 4.33. The first-order valence-electron chi connectivity index (χ1n) is 11.6. The summed E-state index contributed by atoms with van der Waals surface area (Å²) in [7, 11) is 3.02. The topological polar surface area (TPSA) is 100.0 Å². The zero-order chi connectivity index (χ0) is 24.9. The molecule has 1 amide bonds. The van der Waals surface area contributed by atoms with Crippen molar-refractivity contribution in [1.82, 2.24) is 9.55 Å². The van der Waals surface area contributed by atoms with E-state index in [1.807, 2.05) is 24.3 Å². The number of hydrogen-bond donors (Lipinski definition) is 0. The van der Waals surface area contributed by atoms with Gasteiger partial charge in [0.15, 0.2) is 17.6 Å². The molecule has 0 N–H and O–H groups in total. The van der Waals surface area contributed by atoms with E-state index in [1.54, 1.807) is 24.0 Å². The SMILES string of the molecule is COc1cc2ncn(CCCC(=O)O[C@@H](C)C(=O)N3CCCc4ccccc43)c(=O)c2cc1OC. The van der Waals surface area contributed by atoms with Gasteiger partial charge in [0.05, 0.1) is 31.4 Å². The molecule has 0 fully saturated rings. The normalized spacial score (nSPS) is 13.7. The van der Waals surface area contributed by atoms with Crippen LogP contribution in [0.5, 0.6) is 11.5 Å². The van der Waals surface area contributed by atoms with Gasteiger partial charge in [0.2, 0.25) is 0 Å². The number of aromatic nitrogens is 2. The van der Waals surface area contributed by atoms with Gasteiger partial charge in [-0.1, -0.05) is 18.2 Å². The Bertz CT molecular complexity index is 1300. The molecule has 2 aromatic carbocycles. The zero-order valence-electron chi connectivity index (χ0n) is 20.2. The van der Waals surface area contributed by atoms with Crippen LogP contribution < -0.4 is 19.9 Å². The van der Waals surface area contributed by atoms with E-state index < -0.39 is 12.1 Å². The van der Waals surface area contributed by atoms with Gasteiger partial charge in [-0.2, -0.15) is 0 Å². The number of benzene rings is 2. The number of aryl methyl sites for hydroxylation is 2. The number of carbonyl (C=O) groups is 2. The molecule has 4 rings (SSSR count). The summed E-state index contributed by atoms with van der Waals surface area (Å²) >= 11 is 0. The number of methoxy groups -OCH3 is 2. The van der Waals surface area contributed by atoms with Crippen molar-refractivity contribution < 1.29 is 23.8 Å². The first kappa shape index (κ1) is 24.3. The first-order valence-corrected chi connectivity index (χ1v) is 11.6. The van der Waals surface area contributed by atoms with Crippen molar-refractivity contribution in [2.75, 3.05) is 25.7 Å². The molecule has 2 heterocycles. The molecule has 0 aliphatic carbocycles. The summed E-state index contributed by atoms with van der Waals surface area (Å²) in [4.78, 5) is 44.2. The standard InChI is InChI=1S/C26H29N3O6/c1-17(25(31)29-13-6-9-18-8-4-5-10-21(18)29)35-24(30)11-7-12-28-16-27-20-15-23(34-3)22(33-2)14-19(20)26(28)32/h4-5,8,10,14-17H,6-7,9,11-13H2,1-3H3/t17-/m0/s1. The van der Waals surface area contributed by atoms with Gasteiger partial charge in [0.1, 0.15) is 0 Å². The number of hydrogen-bond acceptors (Lipinski definition) is 7. The molecule has 9 heteroatoms. The van der Waals surface area contributed by atoms with Crippen molar-refractivity contribution in [3.63, 3.8) is 0 Å². The predicted octanol–water partition coefficient (Wildman–Crippen LogP) is 3.11. The summed E-state index contributed by atoms with van der Waals surface area (Å²) < 4.78 is 17.4. The molecule has 184 valence electrons. The van der Waals surface area contributed by atoms with Crippen molar-refractivity contribution in [3.05, 3.63) is 58.6 Å². The van der Waals surface area contributed by atoms with Crippen LogP contribution in [-0.4, -0.2) is 48.3 Å².